The Morgan fingerprint density at radius 3 is 1.94 bits per heavy atom. The van der Waals surface area contributed by atoms with Crippen LogP contribution < -0.4 is 20.1 Å². The van der Waals surface area contributed by atoms with Crippen molar-refractivity contribution in [2.75, 3.05) is 14.2 Å². The Hall–Kier alpha value is -3.22. The van der Waals surface area contributed by atoms with E-state index in [1.165, 1.54) is 0 Å². The maximum atomic E-state index is 13.3. The molecule has 2 N–H and O–H groups in total. The summed E-state index contributed by atoms with van der Waals surface area (Å²) in [5.74, 6) is 0.721. The standard InChI is InChI=1S/C25H34N2O5/c1-15(2)22(27-25(29)32-16(3)4)24(28)26-23(18-10-8-17(5)9-11-18)19-12-13-20(30-6)21(14-19)31-7/h8-16,22-23H,1-7H3,(H,26,28)(H,27,29)/t22-,23?/m0/s1. The second-order valence-electron chi connectivity index (χ2n) is 8.29. The van der Waals surface area contributed by atoms with E-state index in [4.69, 9.17) is 14.2 Å². The van der Waals surface area contributed by atoms with E-state index in [9.17, 15) is 9.59 Å². The zero-order valence-corrected chi connectivity index (χ0v) is 19.9. The summed E-state index contributed by atoms with van der Waals surface area (Å²) >= 11 is 0. The van der Waals surface area contributed by atoms with Crippen molar-refractivity contribution in [2.24, 2.45) is 5.92 Å². The van der Waals surface area contributed by atoms with Crippen LogP contribution in [0.15, 0.2) is 42.5 Å². The number of carbonyl (C=O) groups is 2. The zero-order chi connectivity index (χ0) is 23.8. The Bertz CT molecular complexity index is 909. The highest BCUT2D eigenvalue weighted by atomic mass is 16.6. The Morgan fingerprint density at radius 1 is 0.812 bits per heavy atom. The fourth-order valence-electron chi connectivity index (χ4n) is 3.29. The minimum Gasteiger partial charge on any atom is -0.493 e. The molecule has 2 atom stereocenters. The summed E-state index contributed by atoms with van der Waals surface area (Å²) in [6.07, 6.45) is -0.898. The van der Waals surface area contributed by atoms with Gasteiger partial charge in [0, 0.05) is 0 Å². The van der Waals surface area contributed by atoms with Crippen LogP contribution in [0.4, 0.5) is 4.79 Å². The summed E-state index contributed by atoms with van der Waals surface area (Å²) in [5.41, 5.74) is 2.85. The van der Waals surface area contributed by atoms with Gasteiger partial charge in [0.2, 0.25) is 5.91 Å². The molecule has 0 heterocycles. The minimum absolute atomic E-state index is 0.140. The first-order valence-corrected chi connectivity index (χ1v) is 10.7. The predicted octanol–water partition coefficient (Wildman–Crippen LogP) is 4.38. The van der Waals surface area contributed by atoms with E-state index in [1.54, 1.807) is 34.1 Å². The van der Waals surface area contributed by atoms with Crippen LogP contribution in [0.2, 0.25) is 0 Å². The van der Waals surface area contributed by atoms with Crippen LogP contribution in [0.1, 0.15) is 50.4 Å². The molecule has 7 nitrogen and oxygen atoms in total. The van der Waals surface area contributed by atoms with Crippen molar-refractivity contribution >= 4 is 12.0 Å². The van der Waals surface area contributed by atoms with E-state index in [-0.39, 0.29) is 17.9 Å². The molecular formula is C25H34N2O5. The third-order valence-electron chi connectivity index (χ3n) is 5.00. The molecule has 0 saturated heterocycles. The summed E-state index contributed by atoms with van der Waals surface area (Å²) < 4.78 is 16.0. The number of hydrogen-bond acceptors (Lipinski definition) is 5. The quantitative estimate of drug-likeness (QED) is 0.602. The van der Waals surface area contributed by atoms with Crippen LogP contribution >= 0.6 is 0 Å². The molecule has 0 spiro atoms. The van der Waals surface area contributed by atoms with Crippen LogP contribution in [0.5, 0.6) is 11.5 Å². The summed E-state index contributed by atoms with van der Waals surface area (Å²) in [4.78, 5) is 25.4. The number of alkyl carbamates (subject to hydrolysis) is 1. The zero-order valence-electron chi connectivity index (χ0n) is 19.9. The van der Waals surface area contributed by atoms with Gasteiger partial charge in [-0.2, -0.15) is 0 Å². The van der Waals surface area contributed by atoms with E-state index >= 15 is 0 Å². The first-order chi connectivity index (χ1) is 15.2. The number of nitrogens with one attached hydrogen (secondary N) is 2. The second-order valence-corrected chi connectivity index (χ2v) is 8.29. The number of ether oxygens (including phenoxy) is 3. The van der Waals surface area contributed by atoms with Gasteiger partial charge in [-0.05, 0) is 49.9 Å². The van der Waals surface area contributed by atoms with Gasteiger partial charge in [-0.1, -0.05) is 49.7 Å². The average molecular weight is 443 g/mol. The van der Waals surface area contributed by atoms with E-state index in [2.05, 4.69) is 10.6 Å². The maximum absolute atomic E-state index is 13.3. The van der Waals surface area contributed by atoms with Crippen LogP contribution in [0.3, 0.4) is 0 Å². The number of carbonyl (C=O) groups excluding carboxylic acids is 2. The molecule has 32 heavy (non-hydrogen) atoms. The van der Waals surface area contributed by atoms with Crippen molar-refractivity contribution in [3.63, 3.8) is 0 Å². The first-order valence-electron chi connectivity index (χ1n) is 10.7. The van der Waals surface area contributed by atoms with Crippen molar-refractivity contribution in [3.05, 3.63) is 59.2 Å². The van der Waals surface area contributed by atoms with E-state index in [1.807, 2.05) is 57.2 Å². The molecule has 7 heteroatoms. The highest BCUT2D eigenvalue weighted by Gasteiger charge is 2.28. The topological polar surface area (TPSA) is 85.9 Å². The largest absolute Gasteiger partial charge is 0.493 e. The summed E-state index contributed by atoms with van der Waals surface area (Å²) in [5, 5.41) is 5.78. The number of hydrogen-bond donors (Lipinski definition) is 2. The third kappa shape index (κ3) is 6.64. The van der Waals surface area contributed by atoms with Gasteiger partial charge >= 0.3 is 6.09 Å². The highest BCUT2D eigenvalue weighted by Crippen LogP contribution is 2.32. The number of methoxy groups -OCH3 is 2. The molecule has 0 radical (unpaired) electrons. The summed E-state index contributed by atoms with van der Waals surface area (Å²) in [6.45, 7) is 9.27. The predicted molar refractivity (Wildman–Crippen MR) is 124 cm³/mol. The normalized spacial score (nSPS) is 12.8. The molecule has 2 amide bonds. The van der Waals surface area contributed by atoms with Crippen LogP contribution in [-0.4, -0.2) is 38.4 Å². The van der Waals surface area contributed by atoms with Gasteiger partial charge in [-0.15, -0.1) is 0 Å². The van der Waals surface area contributed by atoms with Crippen LogP contribution in [0.25, 0.3) is 0 Å². The molecule has 2 aromatic carbocycles. The lowest BCUT2D eigenvalue weighted by Crippen LogP contribution is -2.51. The van der Waals surface area contributed by atoms with Gasteiger partial charge in [0.1, 0.15) is 6.04 Å². The number of aryl methyl sites for hydroxylation is 1. The molecule has 0 bridgehead atoms. The molecule has 1 unspecified atom stereocenters. The van der Waals surface area contributed by atoms with E-state index in [0.717, 1.165) is 16.7 Å². The van der Waals surface area contributed by atoms with Crippen molar-refractivity contribution in [3.8, 4) is 11.5 Å². The lowest BCUT2D eigenvalue weighted by atomic mass is 9.96. The number of rotatable bonds is 9. The van der Waals surface area contributed by atoms with Crippen molar-refractivity contribution in [1.82, 2.24) is 10.6 Å². The molecule has 0 aromatic heterocycles. The first kappa shape index (κ1) is 25.0. The third-order valence-corrected chi connectivity index (χ3v) is 5.00. The molecule has 2 rings (SSSR count). The highest BCUT2D eigenvalue weighted by molar-refractivity contribution is 5.86. The molecule has 0 aliphatic heterocycles. The average Bonchev–Trinajstić information content (AvgIpc) is 2.75. The van der Waals surface area contributed by atoms with Crippen molar-refractivity contribution in [2.45, 2.75) is 52.8 Å². The Morgan fingerprint density at radius 2 is 1.41 bits per heavy atom. The summed E-state index contributed by atoms with van der Waals surface area (Å²) in [6, 6.07) is 12.3. The minimum atomic E-state index is -0.755. The van der Waals surface area contributed by atoms with Gasteiger partial charge in [0.05, 0.1) is 26.4 Å². The molecule has 2 aromatic rings. The van der Waals surface area contributed by atoms with Gasteiger partial charge in [-0.25, -0.2) is 4.79 Å². The van der Waals surface area contributed by atoms with Crippen LogP contribution in [0, 0.1) is 12.8 Å². The van der Waals surface area contributed by atoms with Gasteiger partial charge in [-0.3, -0.25) is 4.79 Å². The molecule has 0 aliphatic carbocycles. The summed E-state index contributed by atoms with van der Waals surface area (Å²) in [7, 11) is 3.14. The van der Waals surface area contributed by atoms with Gasteiger partial charge < -0.3 is 24.8 Å². The van der Waals surface area contributed by atoms with Gasteiger partial charge in [0.25, 0.3) is 0 Å². The number of benzene rings is 2. The fourth-order valence-corrected chi connectivity index (χ4v) is 3.29. The molecule has 0 aliphatic rings. The Labute approximate surface area is 190 Å². The smallest absolute Gasteiger partial charge is 0.408 e. The number of amides is 2. The Kier molecular flexibility index (Phi) is 8.93. The molecule has 174 valence electrons. The molecule has 0 saturated carbocycles. The van der Waals surface area contributed by atoms with Gasteiger partial charge in [0.15, 0.2) is 11.5 Å². The molecular weight excluding hydrogens is 408 g/mol. The lowest BCUT2D eigenvalue weighted by molar-refractivity contribution is -0.124. The van der Waals surface area contributed by atoms with E-state index in [0.29, 0.717) is 11.5 Å². The fraction of sp³-hybridized carbons (Fsp3) is 0.440. The molecule has 0 fully saturated rings. The van der Waals surface area contributed by atoms with Crippen LogP contribution in [-0.2, 0) is 9.53 Å². The SMILES string of the molecule is COc1ccc(C(NC(=O)[C@@H](NC(=O)OC(C)C)C(C)C)c2ccc(C)cc2)cc1OC. The lowest BCUT2D eigenvalue weighted by Gasteiger charge is -2.26. The maximum Gasteiger partial charge on any atom is 0.408 e. The second kappa shape index (κ2) is 11.4. The Balaban J connectivity index is 2.38. The van der Waals surface area contributed by atoms with E-state index < -0.39 is 18.2 Å². The van der Waals surface area contributed by atoms with Crippen molar-refractivity contribution < 1.29 is 23.8 Å². The monoisotopic (exact) mass is 442 g/mol. The van der Waals surface area contributed by atoms with Crippen molar-refractivity contribution in [1.29, 1.82) is 0 Å².